The van der Waals surface area contributed by atoms with Crippen molar-refractivity contribution < 1.29 is 39.3 Å². The van der Waals surface area contributed by atoms with Gasteiger partial charge in [-0.05, 0) is 79.8 Å². The molecule has 1 aromatic rings. The maximum atomic E-state index is 12.6. The van der Waals surface area contributed by atoms with Crippen molar-refractivity contribution in [2.75, 3.05) is 20.3 Å². The minimum absolute atomic E-state index is 0.00901. The first-order valence-electron chi connectivity index (χ1n) is 15.3. The maximum Gasteiger partial charge on any atom is 0.328 e. The Morgan fingerprint density at radius 2 is 1.86 bits per heavy atom. The third-order valence-electron chi connectivity index (χ3n) is 11.1. The minimum atomic E-state index is -1.61. The zero-order valence-electron chi connectivity index (χ0n) is 25.3. The Morgan fingerprint density at radius 1 is 1.12 bits per heavy atom. The third kappa shape index (κ3) is 5.53. The van der Waals surface area contributed by atoms with Crippen molar-refractivity contribution in [3.63, 3.8) is 0 Å². The topological polar surface area (TPSA) is 155 Å². The normalized spacial score (nSPS) is 36.4. The monoisotopic (exact) mass is 596 g/mol. The van der Waals surface area contributed by atoms with Gasteiger partial charge in [-0.3, -0.25) is 9.59 Å². The first-order chi connectivity index (χ1) is 20.5. The van der Waals surface area contributed by atoms with Crippen molar-refractivity contribution in [1.29, 1.82) is 0 Å². The Kier molecular flexibility index (Phi) is 8.84. The van der Waals surface area contributed by atoms with E-state index in [1.165, 1.54) is 12.7 Å². The summed E-state index contributed by atoms with van der Waals surface area (Å²) in [4.78, 5) is 42.9. The number of esters is 1. The zero-order chi connectivity index (χ0) is 31.0. The van der Waals surface area contributed by atoms with Crippen LogP contribution in [0.25, 0.3) is 0 Å². The molecule has 8 atom stereocenters. The number of oxime groups is 1. The number of ether oxygens (including phenoxy) is 1. The maximum absolute atomic E-state index is 12.6. The number of carbonyl (C=O) groups is 3. The molecule has 0 aliphatic heterocycles. The lowest BCUT2D eigenvalue weighted by molar-refractivity contribution is -0.181. The van der Waals surface area contributed by atoms with E-state index in [1.807, 2.05) is 43.3 Å². The molecule has 0 spiro atoms. The number of nitrogens with zero attached hydrogens (tertiary/aromatic N) is 1. The molecule has 10 nitrogen and oxygen atoms in total. The largest absolute Gasteiger partial charge is 0.467 e. The van der Waals surface area contributed by atoms with Crippen molar-refractivity contribution in [2.45, 2.75) is 83.0 Å². The number of allylic oxidation sites excluding steroid dienone is 2. The van der Waals surface area contributed by atoms with E-state index < -0.39 is 47.4 Å². The molecule has 0 bridgehead atoms. The number of hydrogen-bond donors (Lipinski definition) is 4. The van der Waals surface area contributed by atoms with Gasteiger partial charge < -0.3 is 30.2 Å². The summed E-state index contributed by atoms with van der Waals surface area (Å²) in [7, 11) is 1.28. The number of aliphatic hydroxyl groups excluding tert-OH is 2. The molecule has 10 heteroatoms. The second kappa shape index (κ2) is 12.1. The number of hydrogen-bond acceptors (Lipinski definition) is 9. The first-order valence-corrected chi connectivity index (χ1v) is 15.3. The van der Waals surface area contributed by atoms with Gasteiger partial charge in [-0.1, -0.05) is 54.9 Å². The number of fused-ring (bicyclic) bond motifs is 5. The van der Waals surface area contributed by atoms with Crippen LogP contribution in [-0.4, -0.2) is 76.8 Å². The molecule has 1 unspecified atom stereocenters. The highest BCUT2D eigenvalue weighted by atomic mass is 16.6. The van der Waals surface area contributed by atoms with Gasteiger partial charge in [-0.25, -0.2) is 4.79 Å². The molecule has 4 aliphatic rings. The van der Waals surface area contributed by atoms with E-state index in [9.17, 15) is 29.7 Å². The van der Waals surface area contributed by atoms with Gasteiger partial charge in [0.2, 0.25) is 0 Å². The number of amides is 1. The van der Waals surface area contributed by atoms with Crippen molar-refractivity contribution in [3.8, 4) is 0 Å². The molecule has 1 amide bonds. The Hall–Kier alpha value is -3.08. The van der Waals surface area contributed by atoms with Crippen LogP contribution in [-0.2, 0) is 30.4 Å². The van der Waals surface area contributed by atoms with Crippen LogP contribution in [0, 0.1) is 28.6 Å². The molecule has 234 valence electrons. The van der Waals surface area contributed by atoms with Gasteiger partial charge in [0.05, 0.1) is 18.9 Å². The predicted molar refractivity (Wildman–Crippen MR) is 158 cm³/mol. The second-order valence-corrected chi connectivity index (χ2v) is 13.3. The summed E-state index contributed by atoms with van der Waals surface area (Å²) in [5.41, 5.74) is 0.181. The van der Waals surface area contributed by atoms with Gasteiger partial charge in [-0.15, -0.1) is 0 Å². The molecule has 0 heterocycles. The first kappa shape index (κ1) is 31.3. The smallest absolute Gasteiger partial charge is 0.328 e. The zero-order valence-corrected chi connectivity index (χ0v) is 25.3. The second-order valence-electron chi connectivity index (χ2n) is 13.3. The van der Waals surface area contributed by atoms with Crippen LogP contribution in [0.5, 0.6) is 0 Å². The number of carbonyl (C=O) groups excluding carboxylic acids is 3. The lowest BCUT2D eigenvalue weighted by atomic mass is 9.45. The highest BCUT2D eigenvalue weighted by molar-refractivity contribution is 5.96. The van der Waals surface area contributed by atoms with E-state index in [0.717, 1.165) is 30.5 Å². The van der Waals surface area contributed by atoms with Crippen molar-refractivity contribution in [1.82, 2.24) is 5.32 Å². The molecule has 1 aromatic carbocycles. The lowest BCUT2D eigenvalue weighted by Gasteiger charge is -2.60. The summed E-state index contributed by atoms with van der Waals surface area (Å²) in [6, 6.07) is 8.51. The van der Waals surface area contributed by atoms with E-state index in [4.69, 9.17) is 9.57 Å². The van der Waals surface area contributed by atoms with Crippen LogP contribution in [0.3, 0.4) is 0 Å². The highest BCUT2D eigenvalue weighted by Gasteiger charge is 2.68. The van der Waals surface area contributed by atoms with Crippen molar-refractivity contribution in [2.24, 2.45) is 33.7 Å². The van der Waals surface area contributed by atoms with Crippen molar-refractivity contribution in [3.05, 3.63) is 47.5 Å². The van der Waals surface area contributed by atoms with Crippen molar-refractivity contribution >= 4 is 23.4 Å². The van der Waals surface area contributed by atoms with E-state index in [1.54, 1.807) is 0 Å². The Labute approximate surface area is 252 Å². The number of ketones is 1. The Bertz CT molecular complexity index is 1300. The van der Waals surface area contributed by atoms with Gasteiger partial charge >= 0.3 is 5.97 Å². The Balaban J connectivity index is 1.23. The van der Waals surface area contributed by atoms with Gasteiger partial charge in [0.25, 0.3) is 5.91 Å². The van der Waals surface area contributed by atoms with E-state index >= 15 is 0 Å². The summed E-state index contributed by atoms with van der Waals surface area (Å²) in [5, 5.41) is 39.4. The average molecular weight is 597 g/mol. The van der Waals surface area contributed by atoms with E-state index in [2.05, 4.69) is 17.4 Å². The van der Waals surface area contributed by atoms with Crippen LogP contribution in [0.4, 0.5) is 0 Å². The van der Waals surface area contributed by atoms with Gasteiger partial charge in [0.1, 0.15) is 18.2 Å². The van der Waals surface area contributed by atoms with Crippen LogP contribution in [0.2, 0.25) is 0 Å². The van der Waals surface area contributed by atoms with E-state index in [-0.39, 0.29) is 29.8 Å². The SMILES string of the molecule is COC(=O)C(Cc1ccccc1)NC(=O)CO/N=C1/C=C2CC[C@@H]3[C@H]([C@@H](O)C[C@@]4(C)[C@H]3CC[C@]4(O)C(=O)CO)[C@@]2(C)CC1. The third-order valence-corrected chi connectivity index (χ3v) is 11.1. The minimum Gasteiger partial charge on any atom is -0.467 e. The fraction of sp³-hybridized carbons (Fsp3) is 0.636. The molecule has 4 aliphatic carbocycles. The average Bonchev–Trinajstić information content (AvgIpc) is 3.26. The Morgan fingerprint density at radius 3 is 2.56 bits per heavy atom. The number of Topliss-reactive ketones (excluding diaryl/α,β-unsaturated/α-hetero) is 1. The molecule has 0 saturated heterocycles. The van der Waals surface area contributed by atoms with Crippen LogP contribution in [0.15, 0.2) is 47.1 Å². The predicted octanol–water partition coefficient (Wildman–Crippen LogP) is 2.49. The summed E-state index contributed by atoms with van der Waals surface area (Å²) >= 11 is 0. The van der Waals surface area contributed by atoms with Crippen LogP contribution in [0.1, 0.15) is 64.4 Å². The number of benzene rings is 1. The fourth-order valence-electron chi connectivity index (χ4n) is 8.96. The highest BCUT2D eigenvalue weighted by Crippen LogP contribution is 2.67. The van der Waals surface area contributed by atoms with Gasteiger partial charge in [0.15, 0.2) is 12.4 Å². The molecule has 3 saturated carbocycles. The summed E-state index contributed by atoms with van der Waals surface area (Å²) in [6.45, 7) is 3.08. The number of methoxy groups -OCH3 is 1. The number of aliphatic hydroxyl groups is 3. The van der Waals surface area contributed by atoms with Crippen LogP contribution < -0.4 is 5.32 Å². The number of rotatable bonds is 9. The molecule has 0 aromatic heterocycles. The number of nitrogens with one attached hydrogen (secondary N) is 1. The fourth-order valence-corrected chi connectivity index (χ4v) is 8.96. The standard InChI is InChI=1S/C33H44N2O8/c1-31-13-11-22(35-43-19-28(39)34-25(30(40)42-3)15-20-7-5-4-6-8-20)16-21(31)9-10-23-24-12-14-33(41,27(38)18-36)32(24,2)17-26(37)29(23)31/h4-8,16,23-26,29,36-37,41H,9-15,17-19H2,1-3H3,(H,34,39)/b35-22+/t23-,24-,25?,26-,29+,31-,32-,33-/m0/s1. The molecule has 43 heavy (non-hydrogen) atoms. The molecule has 4 N–H and O–H groups in total. The summed E-state index contributed by atoms with van der Waals surface area (Å²) < 4.78 is 4.86. The summed E-state index contributed by atoms with van der Waals surface area (Å²) in [5.74, 6) is -1.32. The lowest BCUT2D eigenvalue weighted by Crippen LogP contribution is -2.62. The molecule has 0 radical (unpaired) electrons. The quantitative estimate of drug-likeness (QED) is 0.250. The molecular weight excluding hydrogens is 552 g/mol. The molecule has 3 fully saturated rings. The van der Waals surface area contributed by atoms with E-state index in [0.29, 0.717) is 32.1 Å². The van der Waals surface area contributed by atoms with Crippen LogP contribution >= 0.6 is 0 Å². The summed E-state index contributed by atoms with van der Waals surface area (Å²) in [6.07, 6.45) is 6.00. The molecular formula is C33H44N2O8. The molecule has 5 rings (SSSR count). The van der Waals surface area contributed by atoms with Gasteiger partial charge in [-0.2, -0.15) is 0 Å². The van der Waals surface area contributed by atoms with Gasteiger partial charge in [0, 0.05) is 11.8 Å².